The molecule has 1 spiro atoms. The van der Waals surface area contributed by atoms with Crippen LogP contribution >= 0.6 is 34.8 Å². The van der Waals surface area contributed by atoms with E-state index in [1.54, 1.807) is 41.3 Å². The molecule has 8 heteroatoms. The van der Waals surface area contributed by atoms with Gasteiger partial charge in [0.1, 0.15) is 12.4 Å². The van der Waals surface area contributed by atoms with Crippen molar-refractivity contribution in [1.29, 1.82) is 0 Å². The normalized spacial score (nSPS) is 18.0. The molecule has 5 nitrogen and oxygen atoms in total. The molecule has 2 aliphatic heterocycles. The largest absolute Gasteiger partial charge is 0.490 e. The summed E-state index contributed by atoms with van der Waals surface area (Å²) in [5, 5.41) is 1.39. The summed E-state index contributed by atoms with van der Waals surface area (Å²) in [6.07, 6.45) is 0.739. The van der Waals surface area contributed by atoms with Crippen LogP contribution in [0.15, 0.2) is 36.4 Å². The Morgan fingerprint density at radius 1 is 1.07 bits per heavy atom. The molecule has 0 saturated carbocycles. The minimum Gasteiger partial charge on any atom is -0.490 e. The summed E-state index contributed by atoms with van der Waals surface area (Å²) in [6.45, 7) is 1.38. The Labute approximate surface area is 171 Å². The fraction of sp³-hybridized carbons (Fsp3) is 0.316. The van der Waals surface area contributed by atoms with Gasteiger partial charge in [-0.1, -0.05) is 46.9 Å². The fourth-order valence-corrected chi connectivity index (χ4v) is 4.05. The number of carbonyl (C=O) groups excluding carboxylic acids is 1. The SMILES string of the molecule is O=C1N(CCOc2ccc(Cl)cc2Cl)c2c(Cl)cccc2C12OCCCO2. The Balaban J connectivity index is 1.57. The molecular formula is C19H16Cl3NO4. The molecule has 1 fully saturated rings. The molecule has 0 aromatic heterocycles. The van der Waals surface area contributed by atoms with Crippen LogP contribution in [0.5, 0.6) is 5.75 Å². The highest BCUT2D eigenvalue weighted by Gasteiger charge is 2.55. The molecule has 4 rings (SSSR count). The van der Waals surface area contributed by atoms with Crippen LogP contribution in [0.3, 0.4) is 0 Å². The Morgan fingerprint density at radius 3 is 2.59 bits per heavy atom. The van der Waals surface area contributed by atoms with Gasteiger partial charge in [-0.15, -0.1) is 0 Å². The van der Waals surface area contributed by atoms with E-state index < -0.39 is 5.79 Å². The first-order chi connectivity index (χ1) is 13.0. The average Bonchev–Trinajstić information content (AvgIpc) is 2.88. The van der Waals surface area contributed by atoms with Gasteiger partial charge in [-0.25, -0.2) is 0 Å². The zero-order valence-corrected chi connectivity index (χ0v) is 16.5. The van der Waals surface area contributed by atoms with Gasteiger partial charge < -0.3 is 19.1 Å². The van der Waals surface area contributed by atoms with Crippen LogP contribution in [0.1, 0.15) is 12.0 Å². The third-order valence-corrected chi connectivity index (χ3v) is 5.34. The summed E-state index contributed by atoms with van der Waals surface area (Å²) in [7, 11) is 0. The smallest absolute Gasteiger partial charge is 0.292 e. The molecule has 142 valence electrons. The zero-order chi connectivity index (χ0) is 19.0. The van der Waals surface area contributed by atoms with Crippen molar-refractivity contribution < 1.29 is 19.0 Å². The lowest BCUT2D eigenvalue weighted by atomic mass is 10.1. The molecule has 2 aromatic carbocycles. The lowest BCUT2D eigenvalue weighted by Crippen LogP contribution is -2.48. The van der Waals surface area contributed by atoms with Gasteiger partial charge >= 0.3 is 0 Å². The number of amides is 1. The zero-order valence-electron chi connectivity index (χ0n) is 14.2. The Morgan fingerprint density at radius 2 is 1.85 bits per heavy atom. The van der Waals surface area contributed by atoms with Crippen LogP contribution in [0.4, 0.5) is 5.69 Å². The van der Waals surface area contributed by atoms with Gasteiger partial charge in [0.25, 0.3) is 11.7 Å². The fourth-order valence-electron chi connectivity index (χ4n) is 3.31. The maximum absolute atomic E-state index is 13.2. The summed E-state index contributed by atoms with van der Waals surface area (Å²) in [4.78, 5) is 14.7. The van der Waals surface area contributed by atoms with Gasteiger partial charge in [0.15, 0.2) is 0 Å². The number of fused-ring (bicyclic) bond motifs is 2. The second-order valence-corrected chi connectivity index (χ2v) is 7.43. The Kier molecular flexibility index (Phi) is 5.23. The molecule has 0 radical (unpaired) electrons. The number of hydrogen-bond acceptors (Lipinski definition) is 4. The van der Waals surface area contributed by atoms with Crippen molar-refractivity contribution in [2.75, 3.05) is 31.3 Å². The maximum atomic E-state index is 13.2. The number of rotatable bonds is 4. The predicted octanol–water partition coefficient (Wildman–Crippen LogP) is 4.66. The van der Waals surface area contributed by atoms with E-state index in [1.807, 2.05) is 0 Å². The van der Waals surface area contributed by atoms with Gasteiger partial charge in [-0.3, -0.25) is 4.79 Å². The van der Waals surface area contributed by atoms with Gasteiger partial charge in [-0.05, 0) is 30.7 Å². The number of ether oxygens (including phenoxy) is 3. The lowest BCUT2D eigenvalue weighted by molar-refractivity contribution is -0.256. The van der Waals surface area contributed by atoms with E-state index in [9.17, 15) is 4.79 Å². The van der Waals surface area contributed by atoms with E-state index in [0.717, 1.165) is 6.42 Å². The number of nitrogens with zero attached hydrogens (tertiary/aromatic N) is 1. The summed E-state index contributed by atoms with van der Waals surface area (Å²) in [6, 6.07) is 10.3. The van der Waals surface area contributed by atoms with E-state index in [0.29, 0.717) is 45.3 Å². The van der Waals surface area contributed by atoms with Gasteiger partial charge in [0.2, 0.25) is 0 Å². The monoisotopic (exact) mass is 427 g/mol. The maximum Gasteiger partial charge on any atom is 0.292 e. The molecular weight excluding hydrogens is 413 g/mol. The van der Waals surface area contributed by atoms with Crippen LogP contribution in [0.25, 0.3) is 0 Å². The highest BCUT2D eigenvalue weighted by atomic mass is 35.5. The number of halogens is 3. The van der Waals surface area contributed by atoms with Crippen molar-refractivity contribution in [3.63, 3.8) is 0 Å². The summed E-state index contributed by atoms with van der Waals surface area (Å²) in [5.74, 6) is -1.22. The first-order valence-electron chi connectivity index (χ1n) is 8.49. The third-order valence-electron chi connectivity index (χ3n) is 4.50. The van der Waals surface area contributed by atoms with Crippen molar-refractivity contribution in [3.8, 4) is 5.75 Å². The molecule has 0 bridgehead atoms. The van der Waals surface area contributed by atoms with Crippen molar-refractivity contribution in [2.24, 2.45) is 0 Å². The van der Waals surface area contributed by atoms with E-state index in [1.165, 1.54) is 0 Å². The van der Waals surface area contributed by atoms with Crippen LogP contribution in [-0.2, 0) is 20.1 Å². The van der Waals surface area contributed by atoms with Gasteiger partial charge in [0, 0.05) is 10.6 Å². The third kappa shape index (κ3) is 3.28. The molecule has 2 aliphatic rings. The first-order valence-corrected chi connectivity index (χ1v) is 9.63. The molecule has 0 unspecified atom stereocenters. The summed E-state index contributed by atoms with van der Waals surface area (Å²) >= 11 is 18.4. The summed E-state index contributed by atoms with van der Waals surface area (Å²) < 4.78 is 17.3. The Hall–Kier alpha value is -1.50. The highest BCUT2D eigenvalue weighted by Crippen LogP contribution is 2.48. The van der Waals surface area contributed by atoms with Crippen molar-refractivity contribution >= 4 is 46.4 Å². The number of para-hydroxylation sites is 1. The molecule has 2 heterocycles. The number of benzene rings is 2. The molecule has 1 saturated heterocycles. The van der Waals surface area contributed by atoms with Crippen LogP contribution < -0.4 is 9.64 Å². The molecule has 0 atom stereocenters. The molecule has 27 heavy (non-hydrogen) atoms. The topological polar surface area (TPSA) is 48.0 Å². The van der Waals surface area contributed by atoms with E-state index >= 15 is 0 Å². The molecule has 0 aliphatic carbocycles. The van der Waals surface area contributed by atoms with Crippen molar-refractivity contribution in [2.45, 2.75) is 12.2 Å². The summed E-state index contributed by atoms with van der Waals surface area (Å²) in [5.41, 5.74) is 1.22. The molecule has 2 aromatic rings. The van der Waals surface area contributed by atoms with Crippen LogP contribution in [-0.4, -0.2) is 32.3 Å². The average molecular weight is 429 g/mol. The molecule has 1 amide bonds. The van der Waals surface area contributed by atoms with E-state index in [4.69, 9.17) is 49.0 Å². The van der Waals surface area contributed by atoms with Crippen LogP contribution in [0.2, 0.25) is 15.1 Å². The number of anilines is 1. The van der Waals surface area contributed by atoms with Crippen molar-refractivity contribution in [1.82, 2.24) is 0 Å². The number of hydrogen-bond donors (Lipinski definition) is 0. The van der Waals surface area contributed by atoms with Crippen molar-refractivity contribution in [3.05, 3.63) is 57.0 Å². The Bertz CT molecular complexity index is 883. The minimum atomic E-state index is -1.42. The van der Waals surface area contributed by atoms with Gasteiger partial charge in [0.05, 0.1) is 35.5 Å². The lowest BCUT2D eigenvalue weighted by Gasteiger charge is -2.32. The number of carbonyl (C=O) groups is 1. The quantitative estimate of drug-likeness (QED) is 0.710. The van der Waals surface area contributed by atoms with Crippen LogP contribution in [0, 0.1) is 0 Å². The minimum absolute atomic E-state index is 0.216. The van der Waals surface area contributed by atoms with Gasteiger partial charge in [-0.2, -0.15) is 0 Å². The standard InChI is InChI=1S/C19H16Cl3NO4/c20-12-5-6-16(15(22)11-12)25-10-7-23-17-13(3-1-4-14(17)21)19(18(23)24)26-8-2-9-27-19/h1,3-6,11H,2,7-10H2. The first kappa shape index (κ1) is 18.8. The second kappa shape index (κ2) is 7.49. The van der Waals surface area contributed by atoms with E-state index in [2.05, 4.69) is 0 Å². The molecule has 0 N–H and O–H groups in total. The highest BCUT2D eigenvalue weighted by molar-refractivity contribution is 6.35. The predicted molar refractivity (Wildman–Crippen MR) is 104 cm³/mol. The van der Waals surface area contributed by atoms with E-state index in [-0.39, 0.29) is 19.1 Å². The second-order valence-electron chi connectivity index (χ2n) is 6.18.